The Kier molecular flexibility index (Phi) is 7.84. The lowest BCUT2D eigenvalue weighted by atomic mass is 10.1. The normalized spacial score (nSPS) is 11.5. The highest BCUT2D eigenvalue weighted by Gasteiger charge is 2.23. The number of nitro benzene ring substituents is 1. The van der Waals surface area contributed by atoms with Gasteiger partial charge in [0.15, 0.2) is 11.6 Å². The minimum atomic E-state index is -0.487. The molecule has 0 saturated carbocycles. The Morgan fingerprint density at radius 3 is 2.67 bits per heavy atom. The zero-order valence-electron chi connectivity index (χ0n) is 20.5. The SMILES string of the molecule is CCc1nnc(SCc2cccc3ccccc23)n1/N=C\c1cc(OC)c(OC(C)C)c([N+](=O)[O-])c1. The van der Waals surface area contributed by atoms with Crippen LogP contribution in [0.2, 0.25) is 0 Å². The Morgan fingerprint density at radius 1 is 1.17 bits per heavy atom. The summed E-state index contributed by atoms with van der Waals surface area (Å²) in [5.41, 5.74) is 1.50. The average Bonchev–Trinajstić information content (AvgIpc) is 3.27. The van der Waals surface area contributed by atoms with Crippen LogP contribution in [-0.2, 0) is 12.2 Å². The fraction of sp³-hybridized carbons (Fsp3) is 0.269. The van der Waals surface area contributed by atoms with Gasteiger partial charge in [0.05, 0.1) is 24.4 Å². The number of aryl methyl sites for hydroxylation is 1. The molecule has 186 valence electrons. The van der Waals surface area contributed by atoms with Gasteiger partial charge in [-0.3, -0.25) is 10.1 Å². The van der Waals surface area contributed by atoms with Crippen molar-refractivity contribution in [2.75, 3.05) is 7.11 Å². The lowest BCUT2D eigenvalue weighted by molar-refractivity contribution is -0.386. The summed E-state index contributed by atoms with van der Waals surface area (Å²) in [6.45, 7) is 5.57. The Bertz CT molecular complexity index is 1410. The number of ether oxygens (including phenoxy) is 2. The van der Waals surface area contributed by atoms with Crippen molar-refractivity contribution in [2.45, 2.75) is 44.2 Å². The second kappa shape index (κ2) is 11.2. The third kappa shape index (κ3) is 5.49. The van der Waals surface area contributed by atoms with E-state index in [2.05, 4.69) is 39.6 Å². The fourth-order valence-electron chi connectivity index (χ4n) is 3.73. The van der Waals surface area contributed by atoms with Gasteiger partial charge in [-0.25, -0.2) is 0 Å². The van der Waals surface area contributed by atoms with Crippen LogP contribution < -0.4 is 9.47 Å². The maximum atomic E-state index is 11.7. The predicted molar refractivity (Wildman–Crippen MR) is 141 cm³/mol. The van der Waals surface area contributed by atoms with Gasteiger partial charge in [-0.05, 0) is 36.2 Å². The number of hydrogen-bond donors (Lipinski definition) is 0. The standard InChI is InChI=1S/C26H27N5O4S/c1-5-24-28-29-26(36-16-20-11-8-10-19-9-6-7-12-21(19)20)30(24)27-15-18-13-22(31(32)33)25(35-17(2)3)23(14-18)34-4/h6-15,17H,5,16H2,1-4H3/b27-15-. The molecule has 0 aliphatic rings. The Labute approximate surface area is 213 Å². The summed E-state index contributed by atoms with van der Waals surface area (Å²) >= 11 is 1.53. The maximum Gasteiger partial charge on any atom is 0.315 e. The number of benzene rings is 3. The van der Waals surface area contributed by atoms with Crippen LogP contribution in [0.1, 0.15) is 37.7 Å². The fourth-order valence-corrected chi connectivity index (χ4v) is 4.64. The Morgan fingerprint density at radius 2 is 1.94 bits per heavy atom. The molecule has 4 aromatic rings. The van der Waals surface area contributed by atoms with Crippen LogP contribution >= 0.6 is 11.8 Å². The van der Waals surface area contributed by atoms with Crippen LogP contribution in [0.15, 0.2) is 64.9 Å². The van der Waals surface area contributed by atoms with Crippen molar-refractivity contribution in [3.05, 3.63) is 81.7 Å². The van der Waals surface area contributed by atoms with Crippen molar-refractivity contribution in [2.24, 2.45) is 5.10 Å². The van der Waals surface area contributed by atoms with Gasteiger partial charge >= 0.3 is 5.69 Å². The summed E-state index contributed by atoms with van der Waals surface area (Å²) in [7, 11) is 1.45. The van der Waals surface area contributed by atoms with E-state index in [1.54, 1.807) is 30.8 Å². The van der Waals surface area contributed by atoms with Crippen molar-refractivity contribution in [1.82, 2.24) is 14.9 Å². The number of aromatic nitrogens is 3. The van der Waals surface area contributed by atoms with Crippen molar-refractivity contribution >= 4 is 34.4 Å². The summed E-state index contributed by atoms with van der Waals surface area (Å²) < 4.78 is 12.7. The van der Waals surface area contributed by atoms with Crippen molar-refractivity contribution in [1.29, 1.82) is 0 Å². The van der Waals surface area contributed by atoms with E-state index in [0.717, 1.165) is 0 Å². The largest absolute Gasteiger partial charge is 0.493 e. The van der Waals surface area contributed by atoms with Crippen molar-refractivity contribution in [3.8, 4) is 11.5 Å². The van der Waals surface area contributed by atoms with E-state index >= 15 is 0 Å². The van der Waals surface area contributed by atoms with Crippen LogP contribution in [0.5, 0.6) is 11.5 Å². The highest BCUT2D eigenvalue weighted by molar-refractivity contribution is 7.98. The van der Waals surface area contributed by atoms with E-state index in [0.29, 0.717) is 28.7 Å². The first-order chi connectivity index (χ1) is 17.4. The van der Waals surface area contributed by atoms with Gasteiger partial charge in [-0.2, -0.15) is 9.78 Å². The molecule has 36 heavy (non-hydrogen) atoms. The third-order valence-corrected chi connectivity index (χ3v) is 6.35. The summed E-state index contributed by atoms with van der Waals surface area (Å²) in [5.74, 6) is 1.75. The molecule has 0 unspecified atom stereocenters. The average molecular weight is 506 g/mol. The van der Waals surface area contributed by atoms with E-state index in [1.165, 1.54) is 41.3 Å². The molecule has 0 spiro atoms. The highest BCUT2D eigenvalue weighted by atomic mass is 32.2. The number of fused-ring (bicyclic) bond motifs is 1. The second-order valence-corrected chi connectivity index (χ2v) is 9.17. The van der Waals surface area contributed by atoms with Gasteiger partial charge in [-0.15, -0.1) is 10.2 Å². The van der Waals surface area contributed by atoms with Crippen LogP contribution in [-0.4, -0.2) is 39.2 Å². The quantitative estimate of drug-likeness (QED) is 0.115. The molecule has 3 aromatic carbocycles. The number of methoxy groups -OCH3 is 1. The van der Waals surface area contributed by atoms with Gasteiger partial charge in [0.2, 0.25) is 10.9 Å². The molecule has 0 N–H and O–H groups in total. The number of nitro groups is 1. The molecule has 0 aliphatic carbocycles. The molecular weight excluding hydrogens is 478 g/mol. The first kappa shape index (κ1) is 25.2. The first-order valence-electron chi connectivity index (χ1n) is 11.5. The predicted octanol–water partition coefficient (Wildman–Crippen LogP) is 5.87. The van der Waals surface area contributed by atoms with Crippen LogP contribution in [0.25, 0.3) is 10.8 Å². The molecule has 0 radical (unpaired) electrons. The van der Waals surface area contributed by atoms with Gasteiger partial charge in [0, 0.05) is 23.8 Å². The molecule has 0 atom stereocenters. The summed E-state index contributed by atoms with van der Waals surface area (Å²) in [6.07, 6.45) is 1.92. The van der Waals surface area contributed by atoms with E-state index in [4.69, 9.17) is 9.47 Å². The van der Waals surface area contributed by atoms with Crippen LogP contribution in [0.3, 0.4) is 0 Å². The second-order valence-electron chi connectivity index (χ2n) is 8.23. The third-order valence-electron chi connectivity index (χ3n) is 5.38. The van der Waals surface area contributed by atoms with Crippen LogP contribution in [0.4, 0.5) is 5.69 Å². The monoisotopic (exact) mass is 505 g/mol. The Hall–Kier alpha value is -3.92. The minimum absolute atomic E-state index is 0.0968. The van der Waals surface area contributed by atoms with Crippen LogP contribution in [0, 0.1) is 10.1 Å². The maximum absolute atomic E-state index is 11.7. The van der Waals surface area contributed by atoms with E-state index in [1.807, 2.05) is 25.1 Å². The van der Waals surface area contributed by atoms with Gasteiger partial charge in [0.1, 0.15) is 0 Å². The lowest BCUT2D eigenvalue weighted by Crippen LogP contribution is -2.09. The zero-order chi connectivity index (χ0) is 25.7. The highest BCUT2D eigenvalue weighted by Crippen LogP contribution is 2.38. The van der Waals surface area contributed by atoms with E-state index in [9.17, 15) is 10.1 Å². The summed E-state index contributed by atoms with van der Waals surface area (Å²) in [6, 6.07) is 17.6. The molecule has 0 bridgehead atoms. The topological polar surface area (TPSA) is 105 Å². The van der Waals surface area contributed by atoms with E-state index < -0.39 is 4.92 Å². The molecule has 0 aliphatic heterocycles. The van der Waals surface area contributed by atoms with Gasteiger partial charge < -0.3 is 9.47 Å². The number of hydrogen-bond acceptors (Lipinski definition) is 8. The first-order valence-corrected chi connectivity index (χ1v) is 12.5. The zero-order valence-corrected chi connectivity index (χ0v) is 21.4. The van der Waals surface area contributed by atoms with Crippen molar-refractivity contribution < 1.29 is 14.4 Å². The Balaban J connectivity index is 1.64. The molecule has 0 amide bonds. The number of nitrogens with zero attached hydrogens (tertiary/aromatic N) is 5. The summed E-state index contributed by atoms with van der Waals surface area (Å²) in [4.78, 5) is 11.2. The molecule has 10 heteroatoms. The molecular formula is C26H27N5O4S. The number of rotatable bonds is 10. The molecule has 9 nitrogen and oxygen atoms in total. The lowest BCUT2D eigenvalue weighted by Gasteiger charge is -2.14. The van der Waals surface area contributed by atoms with Gasteiger partial charge in [-0.1, -0.05) is 61.2 Å². The van der Waals surface area contributed by atoms with E-state index in [-0.39, 0.29) is 23.3 Å². The molecule has 1 aromatic heterocycles. The molecule has 1 heterocycles. The van der Waals surface area contributed by atoms with Gasteiger partial charge in [0.25, 0.3) is 0 Å². The molecule has 0 fully saturated rings. The summed E-state index contributed by atoms with van der Waals surface area (Å²) in [5, 5.41) is 27.9. The molecule has 4 rings (SSSR count). The minimum Gasteiger partial charge on any atom is -0.493 e. The smallest absolute Gasteiger partial charge is 0.315 e. The molecule has 0 saturated heterocycles. The van der Waals surface area contributed by atoms with Crippen molar-refractivity contribution in [3.63, 3.8) is 0 Å². The number of thioether (sulfide) groups is 1.